The first kappa shape index (κ1) is 26.7. The number of rotatable bonds is 3. The fourth-order valence-corrected chi connectivity index (χ4v) is 3.94. The largest absolute Gasteiger partial charge is 0.417 e. The number of halogens is 4. The van der Waals surface area contributed by atoms with Crippen molar-refractivity contribution in [2.45, 2.75) is 39.4 Å². The Morgan fingerprint density at radius 2 is 1.71 bits per heavy atom. The maximum atomic E-state index is 14.5. The Hall–Kier alpha value is -3.52. The third-order valence-corrected chi connectivity index (χ3v) is 5.40. The number of nitriles is 1. The van der Waals surface area contributed by atoms with E-state index < -0.39 is 40.5 Å². The summed E-state index contributed by atoms with van der Waals surface area (Å²) in [5, 5.41) is 11.1. The van der Waals surface area contributed by atoms with Gasteiger partial charge in [0.2, 0.25) is 0 Å². The van der Waals surface area contributed by atoms with E-state index in [0.717, 1.165) is 17.0 Å². The normalized spacial score (nSPS) is 14.9. The Morgan fingerprint density at radius 1 is 1.12 bits per heavy atom. The highest BCUT2D eigenvalue weighted by molar-refractivity contribution is 7.81. The van der Waals surface area contributed by atoms with Crippen molar-refractivity contribution in [3.05, 3.63) is 58.9 Å². The van der Waals surface area contributed by atoms with Gasteiger partial charge in [0.15, 0.2) is 5.11 Å². The van der Waals surface area contributed by atoms with Crippen LogP contribution in [-0.2, 0) is 11.0 Å². The summed E-state index contributed by atoms with van der Waals surface area (Å²) in [5.74, 6) is -2.15. The molecule has 0 radical (unpaired) electrons. The van der Waals surface area contributed by atoms with E-state index in [4.69, 9.17) is 17.5 Å². The van der Waals surface area contributed by atoms with Crippen LogP contribution < -0.4 is 15.1 Å². The lowest BCUT2D eigenvalue weighted by Crippen LogP contribution is -2.44. The van der Waals surface area contributed by atoms with Crippen molar-refractivity contribution in [2.24, 2.45) is 0 Å². The number of amides is 2. The fraction of sp³-hybridized carbons (Fsp3) is 0.304. The highest BCUT2D eigenvalue weighted by Gasteiger charge is 2.50. The molecule has 2 amide bonds. The predicted molar refractivity (Wildman–Crippen MR) is 124 cm³/mol. The Morgan fingerprint density at radius 3 is 2.21 bits per heavy atom. The molecule has 0 spiro atoms. The number of nitrogens with zero attached hydrogens (tertiary/aromatic N) is 3. The van der Waals surface area contributed by atoms with Crippen molar-refractivity contribution in [3.63, 3.8) is 0 Å². The van der Waals surface area contributed by atoms with Crippen LogP contribution in [0.1, 0.15) is 49.2 Å². The molecule has 0 aromatic heterocycles. The molecule has 1 N–H and O–H groups in total. The lowest BCUT2D eigenvalue weighted by Gasteiger charge is -2.29. The summed E-state index contributed by atoms with van der Waals surface area (Å²) in [4.78, 5) is 27.1. The van der Waals surface area contributed by atoms with Gasteiger partial charge >= 0.3 is 6.18 Å². The molecule has 1 fully saturated rings. The van der Waals surface area contributed by atoms with Crippen molar-refractivity contribution in [2.75, 3.05) is 16.8 Å². The molecule has 2 aromatic carbocycles. The van der Waals surface area contributed by atoms with Crippen LogP contribution in [0, 0.1) is 17.1 Å². The Kier molecular flexibility index (Phi) is 7.68. The summed E-state index contributed by atoms with van der Waals surface area (Å²) < 4.78 is 54.7. The zero-order valence-electron chi connectivity index (χ0n) is 19.0. The van der Waals surface area contributed by atoms with Gasteiger partial charge in [-0.25, -0.2) is 4.39 Å². The number of alkyl halides is 3. The van der Waals surface area contributed by atoms with Crippen LogP contribution in [0.4, 0.5) is 28.9 Å². The van der Waals surface area contributed by atoms with E-state index in [1.807, 2.05) is 13.8 Å². The van der Waals surface area contributed by atoms with Gasteiger partial charge in [0.1, 0.15) is 11.4 Å². The van der Waals surface area contributed by atoms with E-state index in [-0.39, 0.29) is 22.1 Å². The maximum absolute atomic E-state index is 14.5. The van der Waals surface area contributed by atoms with E-state index in [1.165, 1.54) is 50.1 Å². The van der Waals surface area contributed by atoms with Crippen molar-refractivity contribution in [1.82, 2.24) is 5.32 Å². The van der Waals surface area contributed by atoms with Gasteiger partial charge in [0.25, 0.3) is 11.8 Å². The van der Waals surface area contributed by atoms with Gasteiger partial charge in [-0.05, 0) is 62.5 Å². The minimum Gasteiger partial charge on any atom is -0.355 e. The summed E-state index contributed by atoms with van der Waals surface area (Å²) in [6.45, 7) is 6.97. The second-order valence-electron chi connectivity index (χ2n) is 7.40. The summed E-state index contributed by atoms with van der Waals surface area (Å²) in [6.07, 6.45) is -4.82. The molecule has 3 rings (SSSR count). The first-order chi connectivity index (χ1) is 15.8. The Bertz CT molecular complexity index is 1190. The monoisotopic (exact) mass is 494 g/mol. The van der Waals surface area contributed by atoms with Gasteiger partial charge < -0.3 is 10.2 Å². The van der Waals surface area contributed by atoms with Crippen molar-refractivity contribution < 1.29 is 27.2 Å². The van der Waals surface area contributed by atoms with Crippen LogP contribution >= 0.6 is 12.2 Å². The van der Waals surface area contributed by atoms with Gasteiger partial charge in [0, 0.05) is 12.7 Å². The number of carbonyl (C=O) groups is 2. The quantitative estimate of drug-likeness (QED) is 0.479. The number of hydrogen-bond donors (Lipinski definition) is 1. The first-order valence-electron chi connectivity index (χ1n) is 10.2. The summed E-state index contributed by atoms with van der Waals surface area (Å²) >= 11 is 5.38. The second-order valence-corrected chi connectivity index (χ2v) is 7.77. The van der Waals surface area contributed by atoms with E-state index in [2.05, 4.69) is 5.32 Å². The molecule has 11 heteroatoms. The van der Waals surface area contributed by atoms with E-state index in [1.54, 1.807) is 0 Å². The summed E-state index contributed by atoms with van der Waals surface area (Å²) in [6, 6.07) is 7.93. The molecular formula is C23H22F4N4O2S. The number of anilines is 2. The molecule has 1 saturated heterocycles. The highest BCUT2D eigenvalue weighted by Crippen LogP contribution is 2.39. The fourth-order valence-electron chi connectivity index (χ4n) is 3.42. The van der Waals surface area contributed by atoms with E-state index in [9.17, 15) is 27.2 Å². The van der Waals surface area contributed by atoms with Crippen LogP contribution in [0.25, 0.3) is 0 Å². The molecule has 0 bridgehead atoms. The van der Waals surface area contributed by atoms with Crippen LogP contribution in [0.5, 0.6) is 0 Å². The molecule has 180 valence electrons. The van der Waals surface area contributed by atoms with Gasteiger partial charge in [-0.1, -0.05) is 13.8 Å². The van der Waals surface area contributed by atoms with Gasteiger partial charge in [-0.2, -0.15) is 18.4 Å². The topological polar surface area (TPSA) is 76.4 Å². The number of carbonyl (C=O) groups excluding carboxylic acids is 2. The van der Waals surface area contributed by atoms with Crippen molar-refractivity contribution >= 4 is 40.5 Å². The average Bonchev–Trinajstić information content (AvgIpc) is 2.97. The lowest BCUT2D eigenvalue weighted by atomic mass is 10.0. The minimum atomic E-state index is -4.82. The molecule has 1 heterocycles. The molecule has 0 atom stereocenters. The third-order valence-electron chi connectivity index (χ3n) is 5.04. The molecule has 6 nitrogen and oxygen atoms in total. The van der Waals surface area contributed by atoms with Crippen LogP contribution in [0.2, 0.25) is 0 Å². The first-order valence-corrected chi connectivity index (χ1v) is 10.6. The van der Waals surface area contributed by atoms with Crippen molar-refractivity contribution in [1.29, 1.82) is 5.26 Å². The average molecular weight is 495 g/mol. The Labute approximate surface area is 199 Å². The molecule has 34 heavy (non-hydrogen) atoms. The minimum absolute atomic E-state index is 0.144. The highest BCUT2D eigenvalue weighted by atomic mass is 32.1. The number of hydrogen-bond acceptors (Lipinski definition) is 4. The zero-order valence-corrected chi connectivity index (χ0v) is 19.9. The second kappa shape index (κ2) is 9.77. The predicted octanol–water partition coefficient (Wildman–Crippen LogP) is 5.02. The summed E-state index contributed by atoms with van der Waals surface area (Å²) in [5.41, 5.74) is -3.42. The SMILES string of the molecule is CC.CNC(=O)c1ccc(N2C(=S)N(c3ccc(C#N)c(C(F)(F)F)c3)C(=O)C2(C)C)cc1F. The molecule has 1 aliphatic rings. The third kappa shape index (κ3) is 4.59. The zero-order chi connectivity index (χ0) is 26.0. The van der Waals surface area contributed by atoms with E-state index >= 15 is 0 Å². The molecule has 0 unspecified atom stereocenters. The van der Waals surface area contributed by atoms with Gasteiger partial charge in [-0.15, -0.1) is 0 Å². The lowest BCUT2D eigenvalue weighted by molar-refractivity contribution is -0.137. The molecule has 0 saturated carbocycles. The number of benzene rings is 2. The smallest absolute Gasteiger partial charge is 0.355 e. The van der Waals surface area contributed by atoms with Crippen molar-refractivity contribution in [3.8, 4) is 6.07 Å². The standard InChI is InChI=1S/C21H16F4N4O2S.C2H6/c1-20(2)18(31)28(12-5-4-11(10-26)15(8-12)21(23,24)25)19(32)29(20)13-6-7-14(16(22)9-13)17(30)27-3;1-2/h4-9H,1-3H3,(H,27,30);1-2H3. The van der Waals surface area contributed by atoms with Crippen LogP contribution in [-0.4, -0.2) is 29.5 Å². The molecule has 0 aliphatic carbocycles. The molecule has 1 aliphatic heterocycles. The van der Waals surface area contributed by atoms with Gasteiger partial charge in [-0.3, -0.25) is 14.5 Å². The number of thiocarbonyl (C=S) groups is 1. The maximum Gasteiger partial charge on any atom is 0.417 e. The molecule has 2 aromatic rings. The Balaban J connectivity index is 0.00000199. The van der Waals surface area contributed by atoms with Crippen LogP contribution in [0.3, 0.4) is 0 Å². The van der Waals surface area contributed by atoms with Crippen LogP contribution in [0.15, 0.2) is 36.4 Å². The van der Waals surface area contributed by atoms with Gasteiger partial charge in [0.05, 0.1) is 28.4 Å². The van der Waals surface area contributed by atoms with E-state index in [0.29, 0.717) is 6.07 Å². The number of nitrogens with one attached hydrogen (secondary N) is 1. The summed E-state index contributed by atoms with van der Waals surface area (Å²) in [7, 11) is 1.34. The molecular weight excluding hydrogens is 472 g/mol.